The molecule has 0 spiro atoms. The highest BCUT2D eigenvalue weighted by Crippen LogP contribution is 2.18. The maximum atomic E-state index is 12.0. The van der Waals surface area contributed by atoms with E-state index in [0.717, 1.165) is 12.2 Å². The van der Waals surface area contributed by atoms with Crippen LogP contribution in [0.1, 0.15) is 30.9 Å². The van der Waals surface area contributed by atoms with Crippen molar-refractivity contribution in [2.45, 2.75) is 37.1 Å². The Morgan fingerprint density at radius 3 is 2.85 bits per heavy atom. The number of aromatic amines is 1. The Kier molecular flexibility index (Phi) is 6.24. The molecule has 0 saturated carbocycles. The third kappa shape index (κ3) is 5.30. The Labute approximate surface area is 159 Å². The number of halogens is 1. The van der Waals surface area contributed by atoms with Crippen LogP contribution in [0.15, 0.2) is 33.9 Å². The fourth-order valence-corrected chi connectivity index (χ4v) is 2.84. The van der Waals surface area contributed by atoms with Gasteiger partial charge in [0.15, 0.2) is 5.82 Å². The Morgan fingerprint density at radius 1 is 1.31 bits per heavy atom. The van der Waals surface area contributed by atoms with E-state index in [-0.39, 0.29) is 12.3 Å². The van der Waals surface area contributed by atoms with Gasteiger partial charge in [0.2, 0.25) is 17.0 Å². The molecule has 10 heteroatoms. The number of benzene rings is 1. The molecule has 0 saturated heterocycles. The number of aryl methyl sites for hydroxylation is 2. The molecule has 0 fully saturated rings. The zero-order chi connectivity index (χ0) is 18.4. The first-order valence-electron chi connectivity index (χ1n) is 8.03. The molecule has 0 aliphatic rings. The van der Waals surface area contributed by atoms with Crippen LogP contribution in [0.4, 0.5) is 5.69 Å². The first-order valence-corrected chi connectivity index (χ1v) is 9.39. The number of hydrogen-bond acceptors (Lipinski definition) is 7. The van der Waals surface area contributed by atoms with Gasteiger partial charge >= 0.3 is 0 Å². The van der Waals surface area contributed by atoms with Crippen LogP contribution in [0.25, 0.3) is 0 Å². The second-order valence-corrected chi connectivity index (χ2v) is 6.75. The summed E-state index contributed by atoms with van der Waals surface area (Å²) in [4.78, 5) is 20.5. The number of nitrogens with one attached hydrogen (secondary N) is 2. The monoisotopic (exact) mass is 392 g/mol. The second-order valence-electron chi connectivity index (χ2n) is 5.37. The Balaban J connectivity index is 1.44. The molecule has 2 heterocycles. The third-order valence-electron chi connectivity index (χ3n) is 3.38. The molecular formula is C16H17ClN6O2S. The topological polar surface area (TPSA) is 110 Å². The number of carbonyl (C=O) groups is 1. The van der Waals surface area contributed by atoms with Crippen LogP contribution < -0.4 is 5.32 Å². The fraction of sp³-hybridized carbons (Fsp3) is 0.312. The van der Waals surface area contributed by atoms with E-state index in [0.29, 0.717) is 39.8 Å². The lowest BCUT2D eigenvalue weighted by atomic mass is 10.2. The first-order chi connectivity index (χ1) is 12.6. The zero-order valence-corrected chi connectivity index (χ0v) is 15.6. The number of carbonyl (C=O) groups excluding carboxylic acids is 1. The van der Waals surface area contributed by atoms with Crippen molar-refractivity contribution >= 4 is 35.0 Å². The molecule has 3 aromatic rings. The molecule has 2 N–H and O–H groups in total. The van der Waals surface area contributed by atoms with E-state index in [4.69, 9.17) is 16.1 Å². The van der Waals surface area contributed by atoms with Crippen molar-refractivity contribution in [1.82, 2.24) is 25.3 Å². The van der Waals surface area contributed by atoms with E-state index in [1.54, 1.807) is 24.3 Å². The third-order valence-corrected chi connectivity index (χ3v) is 4.48. The highest BCUT2D eigenvalue weighted by Gasteiger charge is 2.11. The molecule has 0 radical (unpaired) electrons. The van der Waals surface area contributed by atoms with Crippen LogP contribution in [0.3, 0.4) is 0 Å². The lowest BCUT2D eigenvalue weighted by Gasteiger charge is -2.03. The molecule has 2 aromatic heterocycles. The Hall–Kier alpha value is -2.39. The van der Waals surface area contributed by atoms with Crippen LogP contribution in [0.5, 0.6) is 0 Å². The van der Waals surface area contributed by atoms with E-state index in [1.165, 1.54) is 11.8 Å². The largest absolute Gasteiger partial charge is 0.339 e. The number of nitrogens with zero attached hydrogens (tertiary/aromatic N) is 4. The first kappa shape index (κ1) is 18.4. The normalized spacial score (nSPS) is 10.8. The average Bonchev–Trinajstić information content (AvgIpc) is 3.29. The molecule has 8 nitrogen and oxygen atoms in total. The molecule has 1 aromatic carbocycles. The Bertz CT molecular complexity index is 864. The minimum atomic E-state index is -0.130. The van der Waals surface area contributed by atoms with E-state index in [1.807, 2.05) is 6.92 Å². The number of aromatic nitrogens is 5. The molecule has 0 unspecified atom stereocenters. The van der Waals surface area contributed by atoms with Gasteiger partial charge in [0.25, 0.3) is 0 Å². The summed E-state index contributed by atoms with van der Waals surface area (Å²) < 4.78 is 5.18. The summed E-state index contributed by atoms with van der Waals surface area (Å²) in [6.07, 6.45) is 1.42. The summed E-state index contributed by atoms with van der Waals surface area (Å²) in [6, 6.07) is 6.93. The molecule has 1 amide bonds. The predicted molar refractivity (Wildman–Crippen MR) is 98.0 cm³/mol. The SMILES string of the molecule is CCc1nc(SCc2noc(CCC(=O)Nc3ccc(Cl)cc3)n2)n[nH]1. The van der Waals surface area contributed by atoms with Crippen LogP contribution in [-0.2, 0) is 23.4 Å². The summed E-state index contributed by atoms with van der Waals surface area (Å²) in [5.74, 6) is 2.19. The number of amides is 1. The molecule has 0 atom stereocenters. The number of H-pyrrole nitrogens is 1. The highest BCUT2D eigenvalue weighted by molar-refractivity contribution is 7.98. The fourth-order valence-electron chi connectivity index (χ4n) is 2.06. The highest BCUT2D eigenvalue weighted by atomic mass is 35.5. The number of rotatable bonds is 8. The molecule has 136 valence electrons. The van der Waals surface area contributed by atoms with Crippen LogP contribution in [0, 0.1) is 0 Å². The van der Waals surface area contributed by atoms with Gasteiger partial charge in [0.05, 0.1) is 5.75 Å². The van der Waals surface area contributed by atoms with Gasteiger partial charge in [-0.05, 0) is 24.3 Å². The maximum Gasteiger partial charge on any atom is 0.227 e. The number of hydrogen-bond donors (Lipinski definition) is 2. The van der Waals surface area contributed by atoms with Crippen molar-refractivity contribution < 1.29 is 9.32 Å². The van der Waals surface area contributed by atoms with Crippen LogP contribution >= 0.6 is 23.4 Å². The van der Waals surface area contributed by atoms with Crippen molar-refractivity contribution in [2.24, 2.45) is 0 Å². The van der Waals surface area contributed by atoms with Crippen molar-refractivity contribution in [2.75, 3.05) is 5.32 Å². The van der Waals surface area contributed by atoms with Gasteiger partial charge in [-0.2, -0.15) is 4.98 Å². The zero-order valence-electron chi connectivity index (χ0n) is 14.0. The van der Waals surface area contributed by atoms with Gasteiger partial charge in [-0.3, -0.25) is 9.89 Å². The molecule has 0 aliphatic heterocycles. The average molecular weight is 393 g/mol. The van der Waals surface area contributed by atoms with Crippen molar-refractivity contribution in [3.63, 3.8) is 0 Å². The molecule has 3 rings (SSSR count). The maximum absolute atomic E-state index is 12.0. The van der Waals surface area contributed by atoms with Crippen molar-refractivity contribution in [1.29, 1.82) is 0 Å². The summed E-state index contributed by atoms with van der Waals surface area (Å²) in [7, 11) is 0. The van der Waals surface area contributed by atoms with E-state index < -0.39 is 0 Å². The summed E-state index contributed by atoms with van der Waals surface area (Å²) in [5.41, 5.74) is 0.694. The lowest BCUT2D eigenvalue weighted by molar-refractivity contribution is -0.116. The van der Waals surface area contributed by atoms with E-state index in [9.17, 15) is 4.79 Å². The standard InChI is InChI=1S/C16H17ClN6O2S/c1-2-12-20-16(22-21-12)26-9-13-19-15(25-23-13)8-7-14(24)18-11-5-3-10(17)4-6-11/h3-6H,2,7-9H2,1H3,(H,18,24)(H,20,21,22). The summed E-state index contributed by atoms with van der Waals surface area (Å²) in [5, 5.41) is 14.9. The molecule has 26 heavy (non-hydrogen) atoms. The summed E-state index contributed by atoms with van der Waals surface area (Å²) >= 11 is 7.24. The van der Waals surface area contributed by atoms with Crippen LogP contribution in [0.2, 0.25) is 5.02 Å². The number of anilines is 1. The number of thioether (sulfide) groups is 1. The molecule has 0 aliphatic carbocycles. The van der Waals surface area contributed by atoms with Gasteiger partial charge in [0, 0.05) is 30.0 Å². The minimum Gasteiger partial charge on any atom is -0.339 e. The van der Waals surface area contributed by atoms with Crippen molar-refractivity contribution in [3.8, 4) is 0 Å². The second kappa shape index (κ2) is 8.81. The predicted octanol–water partition coefficient (Wildman–Crippen LogP) is 3.27. The summed E-state index contributed by atoms with van der Waals surface area (Å²) in [6.45, 7) is 2.00. The lowest BCUT2D eigenvalue weighted by Crippen LogP contribution is -2.12. The van der Waals surface area contributed by atoms with Crippen LogP contribution in [-0.4, -0.2) is 31.2 Å². The molecular weight excluding hydrogens is 376 g/mol. The van der Waals surface area contributed by atoms with Gasteiger partial charge in [-0.1, -0.05) is 35.4 Å². The molecule has 0 bridgehead atoms. The Morgan fingerprint density at radius 2 is 2.12 bits per heavy atom. The van der Waals surface area contributed by atoms with E-state index in [2.05, 4.69) is 30.6 Å². The minimum absolute atomic E-state index is 0.130. The van der Waals surface area contributed by atoms with Gasteiger partial charge in [-0.25, -0.2) is 4.98 Å². The van der Waals surface area contributed by atoms with Crippen molar-refractivity contribution in [3.05, 3.63) is 46.8 Å². The van der Waals surface area contributed by atoms with Gasteiger partial charge in [0.1, 0.15) is 5.82 Å². The van der Waals surface area contributed by atoms with E-state index >= 15 is 0 Å². The smallest absolute Gasteiger partial charge is 0.227 e. The van der Waals surface area contributed by atoms with Gasteiger partial charge < -0.3 is 9.84 Å². The van der Waals surface area contributed by atoms with Gasteiger partial charge in [-0.15, -0.1) is 5.10 Å². The quantitative estimate of drug-likeness (QED) is 0.566.